The molecule has 3 N–H and O–H groups in total. The van der Waals surface area contributed by atoms with Crippen molar-refractivity contribution in [1.82, 2.24) is 40.8 Å². The summed E-state index contributed by atoms with van der Waals surface area (Å²) in [5.74, 6) is 1.51. The molecule has 14 nitrogen and oxygen atoms in total. The van der Waals surface area contributed by atoms with Gasteiger partial charge < -0.3 is 20.6 Å². The number of rotatable bonds is 12. The molecule has 0 radical (unpaired) electrons. The molecule has 2 aliphatic heterocycles. The van der Waals surface area contributed by atoms with E-state index in [0.29, 0.717) is 23.3 Å². The van der Waals surface area contributed by atoms with Crippen LogP contribution >= 0.6 is 0 Å². The Hall–Kier alpha value is -7.12. The van der Waals surface area contributed by atoms with Crippen LogP contribution in [0.3, 0.4) is 0 Å². The Morgan fingerprint density at radius 1 is 0.569 bits per heavy atom. The molecule has 0 amide bonds. The average molecular weight is 902 g/mol. The highest BCUT2D eigenvalue weighted by atomic mass is 19.4. The van der Waals surface area contributed by atoms with Gasteiger partial charge in [-0.15, -0.1) is 15.3 Å². The number of ketones is 1. The summed E-state index contributed by atoms with van der Waals surface area (Å²) < 4.78 is 76.3. The van der Waals surface area contributed by atoms with Crippen molar-refractivity contribution >= 4 is 29.2 Å². The van der Waals surface area contributed by atoms with Crippen LogP contribution in [0.2, 0.25) is 0 Å². The first kappa shape index (κ1) is 47.4. The molecule has 2 aliphatic rings. The third kappa shape index (κ3) is 14.5. The molecule has 0 saturated carbocycles. The molecule has 2 aromatic carbocycles. The average Bonchev–Trinajstić information content (AvgIpc) is 3.95. The fourth-order valence-electron chi connectivity index (χ4n) is 7.55. The number of nitrogens with zero attached hydrogens (tertiary/aromatic N) is 10. The number of nitrogens with two attached hydrogens (primary N) is 1. The van der Waals surface area contributed by atoms with E-state index >= 15 is 0 Å². The number of hydrogen-bond acceptors (Lipinski definition) is 13. The van der Waals surface area contributed by atoms with Crippen molar-refractivity contribution in [2.24, 2.45) is 11.8 Å². The summed E-state index contributed by atoms with van der Waals surface area (Å²) in [7, 11) is 0. The molecule has 340 valence electrons. The van der Waals surface area contributed by atoms with Gasteiger partial charge in [-0.25, -0.2) is 0 Å². The predicted molar refractivity (Wildman–Crippen MR) is 227 cm³/mol. The van der Waals surface area contributed by atoms with Crippen molar-refractivity contribution in [3.8, 4) is 0 Å². The van der Waals surface area contributed by atoms with Crippen LogP contribution in [0.15, 0.2) is 109 Å². The molecule has 8 rings (SSSR count). The predicted octanol–water partition coefficient (Wildman–Crippen LogP) is 6.96. The first-order chi connectivity index (χ1) is 31.1. The summed E-state index contributed by atoms with van der Waals surface area (Å²) >= 11 is 0. The van der Waals surface area contributed by atoms with Crippen LogP contribution in [0, 0.1) is 11.8 Å². The van der Waals surface area contributed by atoms with Crippen LogP contribution in [-0.4, -0.2) is 83.8 Å². The van der Waals surface area contributed by atoms with Crippen LogP contribution in [0.25, 0.3) is 0 Å². The standard InChI is InChI=1S/C23H22F3N5O.C13H16N6.C9H7F3O2/c24-23(25,26)21-6-2-1-4-17(21)13-20(32)14-19-7-8-22(30-29-19)31-11-9-16(15-31)12-18-5-3-10-27-28-18;14-12-3-4-13(18-17-12)19-7-5-10(9-19)8-11-2-1-6-15-16-11;10-9(11,12)7-4-2-1-3-6(7)5-8(13)14/h1-8,10,16H,9,11-15H2;1-4,6,10H,5,7-9H2,(H2,14,17);1-4H,5H2,(H,13,14)/t16-;10-;/m00./s1. The number of carbonyl (C=O) groups excluding carboxylic acids is 1. The number of aliphatic carboxylic acids is 1. The highest BCUT2D eigenvalue weighted by Gasteiger charge is 2.34. The van der Waals surface area contributed by atoms with E-state index in [0.717, 1.165) is 93.1 Å². The van der Waals surface area contributed by atoms with Crippen molar-refractivity contribution in [2.45, 2.75) is 57.3 Å². The number of halogens is 6. The molecule has 0 spiro atoms. The molecule has 6 aromatic rings. The summed E-state index contributed by atoms with van der Waals surface area (Å²) in [6.45, 7) is 3.67. The monoisotopic (exact) mass is 901 g/mol. The summed E-state index contributed by atoms with van der Waals surface area (Å²) in [6.07, 6.45) is -2.63. The van der Waals surface area contributed by atoms with Gasteiger partial charge in [0.25, 0.3) is 0 Å². The zero-order valence-electron chi connectivity index (χ0n) is 34.9. The lowest BCUT2D eigenvalue weighted by Gasteiger charge is -2.17. The summed E-state index contributed by atoms with van der Waals surface area (Å²) in [6, 6.07) is 24.8. The van der Waals surface area contributed by atoms with E-state index in [-0.39, 0.29) is 29.8 Å². The number of nitrogen functional groups attached to an aromatic ring is 1. The Bertz CT molecular complexity index is 2450. The van der Waals surface area contributed by atoms with E-state index in [2.05, 4.69) is 50.6 Å². The number of benzene rings is 2. The Morgan fingerprint density at radius 2 is 1.06 bits per heavy atom. The maximum atomic E-state index is 13.1. The van der Waals surface area contributed by atoms with Crippen molar-refractivity contribution in [3.05, 3.63) is 149 Å². The molecule has 2 fully saturated rings. The number of carbonyl (C=O) groups is 2. The van der Waals surface area contributed by atoms with Crippen molar-refractivity contribution < 1.29 is 41.0 Å². The minimum absolute atomic E-state index is 0.0270. The van der Waals surface area contributed by atoms with Gasteiger partial charge >= 0.3 is 18.3 Å². The Kier molecular flexibility index (Phi) is 16.0. The van der Waals surface area contributed by atoms with Gasteiger partial charge in [0.15, 0.2) is 11.6 Å². The normalized spacial score (nSPS) is 16.0. The Labute approximate surface area is 370 Å². The number of carboxylic acids is 1. The van der Waals surface area contributed by atoms with Gasteiger partial charge in [0, 0.05) is 45.0 Å². The van der Waals surface area contributed by atoms with Crippen molar-refractivity contribution in [2.75, 3.05) is 41.7 Å². The minimum atomic E-state index is -4.49. The molecule has 0 unspecified atom stereocenters. The van der Waals surface area contributed by atoms with Gasteiger partial charge in [0.1, 0.15) is 11.6 Å². The zero-order chi connectivity index (χ0) is 46.4. The molecular formula is C45H45F6N11O3. The number of aromatic nitrogens is 8. The second-order valence-electron chi connectivity index (χ2n) is 15.5. The molecule has 0 aliphatic carbocycles. The van der Waals surface area contributed by atoms with Gasteiger partial charge in [-0.3, -0.25) is 9.59 Å². The van der Waals surface area contributed by atoms with Crippen LogP contribution < -0.4 is 15.5 Å². The fourth-order valence-corrected chi connectivity index (χ4v) is 7.55. The van der Waals surface area contributed by atoms with Crippen molar-refractivity contribution in [1.29, 1.82) is 0 Å². The van der Waals surface area contributed by atoms with E-state index in [9.17, 15) is 35.9 Å². The van der Waals surface area contributed by atoms with Crippen LogP contribution in [-0.2, 0) is 54.0 Å². The Morgan fingerprint density at radius 3 is 1.49 bits per heavy atom. The van der Waals surface area contributed by atoms with Gasteiger partial charge in [0.2, 0.25) is 0 Å². The van der Waals surface area contributed by atoms with Gasteiger partial charge in [-0.2, -0.15) is 51.8 Å². The van der Waals surface area contributed by atoms with Gasteiger partial charge in [0.05, 0.1) is 41.1 Å². The first-order valence-corrected chi connectivity index (χ1v) is 20.6. The highest BCUT2D eigenvalue weighted by Crippen LogP contribution is 2.33. The smallest absolute Gasteiger partial charge is 0.416 e. The number of carboxylic acid groups (broad SMARTS) is 1. The topological polar surface area (TPSA) is 190 Å². The molecule has 2 saturated heterocycles. The fraction of sp³-hybridized carbons (Fsp3) is 0.333. The van der Waals surface area contributed by atoms with Crippen molar-refractivity contribution in [3.63, 3.8) is 0 Å². The molecule has 2 atom stereocenters. The quantitative estimate of drug-likeness (QED) is 0.120. The maximum Gasteiger partial charge on any atom is 0.416 e. The van der Waals surface area contributed by atoms with Gasteiger partial charge in [-0.05, 0) is 109 Å². The van der Waals surface area contributed by atoms with E-state index < -0.39 is 35.9 Å². The maximum absolute atomic E-state index is 13.1. The summed E-state index contributed by atoms with van der Waals surface area (Å²) in [5, 5.41) is 40.9. The third-order valence-electron chi connectivity index (χ3n) is 10.6. The minimum Gasteiger partial charge on any atom is -0.481 e. The van der Waals surface area contributed by atoms with Crippen LogP contribution in [0.5, 0.6) is 0 Å². The highest BCUT2D eigenvalue weighted by molar-refractivity contribution is 5.83. The molecule has 4 aromatic heterocycles. The van der Waals surface area contributed by atoms with E-state index in [4.69, 9.17) is 10.8 Å². The zero-order valence-corrected chi connectivity index (χ0v) is 34.9. The van der Waals surface area contributed by atoms with Gasteiger partial charge in [-0.1, -0.05) is 36.4 Å². The first-order valence-electron chi connectivity index (χ1n) is 20.6. The van der Waals surface area contributed by atoms with E-state index in [1.54, 1.807) is 24.5 Å². The summed E-state index contributed by atoms with van der Waals surface area (Å²) in [5.41, 5.74) is 6.10. The molecule has 65 heavy (non-hydrogen) atoms. The van der Waals surface area contributed by atoms with E-state index in [1.165, 1.54) is 30.3 Å². The largest absolute Gasteiger partial charge is 0.481 e. The SMILES string of the molecule is Nc1ccc(N2CC[C@@H](Cc3cccnn3)C2)nn1.O=C(Cc1ccc(N2CC[C@@H](Cc3cccnn3)C2)nn1)Cc1ccccc1C(F)(F)F.O=C(O)Cc1ccccc1C(F)(F)F. The Balaban J connectivity index is 0.000000179. The third-order valence-corrected chi connectivity index (χ3v) is 10.6. The number of alkyl halides is 6. The number of anilines is 3. The van der Waals surface area contributed by atoms with E-state index in [1.807, 2.05) is 36.4 Å². The molecule has 6 heterocycles. The molecule has 20 heteroatoms. The molecular weight excluding hydrogens is 857 g/mol. The lowest BCUT2D eigenvalue weighted by atomic mass is 10.00. The lowest BCUT2D eigenvalue weighted by Crippen LogP contribution is -2.22. The number of hydrogen-bond donors (Lipinski definition) is 2. The van der Waals surface area contributed by atoms with Crippen LogP contribution in [0.4, 0.5) is 43.8 Å². The van der Waals surface area contributed by atoms with Crippen LogP contribution in [0.1, 0.15) is 52.2 Å². The molecule has 0 bridgehead atoms. The second kappa shape index (κ2) is 22.0. The lowest BCUT2D eigenvalue weighted by molar-refractivity contribution is -0.140. The number of Topliss-reactive ketones (excluding diaryl/α,β-unsaturated/α-hetero) is 1. The summed E-state index contributed by atoms with van der Waals surface area (Å²) in [4.78, 5) is 27.0. The second-order valence-corrected chi connectivity index (χ2v) is 15.5.